The minimum absolute atomic E-state index is 0.254. The van der Waals surface area contributed by atoms with E-state index in [1.165, 1.54) is 12.8 Å². The minimum atomic E-state index is -0.254. The van der Waals surface area contributed by atoms with Crippen molar-refractivity contribution in [2.24, 2.45) is 11.3 Å². The van der Waals surface area contributed by atoms with Crippen molar-refractivity contribution in [3.05, 3.63) is 0 Å². The molecule has 0 unspecified atom stereocenters. The standard InChI is InChI=1S/C12H20N2O2/c1-14(10-2-3-10)11(15)12-7-13-6-9(12)4-5-16-8-12/h9-10,13H,2-8H2,1H3/t9-,12+/m1/s1. The first-order valence-electron chi connectivity index (χ1n) is 6.30. The summed E-state index contributed by atoms with van der Waals surface area (Å²) in [6.45, 7) is 3.20. The molecule has 1 amide bonds. The highest BCUT2D eigenvalue weighted by atomic mass is 16.5. The van der Waals surface area contributed by atoms with Gasteiger partial charge in [0.15, 0.2) is 0 Å². The number of carbonyl (C=O) groups is 1. The van der Waals surface area contributed by atoms with E-state index in [1.54, 1.807) is 0 Å². The summed E-state index contributed by atoms with van der Waals surface area (Å²) in [5.41, 5.74) is -0.254. The van der Waals surface area contributed by atoms with Gasteiger partial charge in [-0.2, -0.15) is 0 Å². The highest BCUT2D eigenvalue weighted by Gasteiger charge is 2.53. The van der Waals surface area contributed by atoms with Gasteiger partial charge in [-0.05, 0) is 31.7 Å². The Hall–Kier alpha value is -0.610. The Morgan fingerprint density at radius 2 is 2.25 bits per heavy atom. The summed E-state index contributed by atoms with van der Waals surface area (Å²) in [4.78, 5) is 14.6. The minimum Gasteiger partial charge on any atom is -0.380 e. The second kappa shape index (κ2) is 3.70. The summed E-state index contributed by atoms with van der Waals surface area (Å²) in [6.07, 6.45) is 3.38. The zero-order chi connectivity index (χ0) is 11.2. The van der Waals surface area contributed by atoms with E-state index in [-0.39, 0.29) is 5.41 Å². The van der Waals surface area contributed by atoms with Crippen LogP contribution >= 0.6 is 0 Å². The molecule has 3 aliphatic rings. The third-order valence-electron chi connectivity index (χ3n) is 4.42. The average molecular weight is 224 g/mol. The molecule has 0 aromatic rings. The van der Waals surface area contributed by atoms with E-state index in [0.29, 0.717) is 24.5 Å². The number of fused-ring (bicyclic) bond motifs is 1. The van der Waals surface area contributed by atoms with E-state index in [2.05, 4.69) is 5.32 Å². The van der Waals surface area contributed by atoms with E-state index in [4.69, 9.17) is 4.74 Å². The Morgan fingerprint density at radius 1 is 1.44 bits per heavy atom. The maximum absolute atomic E-state index is 12.6. The van der Waals surface area contributed by atoms with Gasteiger partial charge < -0.3 is 15.0 Å². The number of nitrogens with zero attached hydrogens (tertiary/aromatic N) is 1. The van der Waals surface area contributed by atoms with Gasteiger partial charge in [-0.25, -0.2) is 0 Å². The Morgan fingerprint density at radius 3 is 3.00 bits per heavy atom. The number of carbonyl (C=O) groups excluding carboxylic acids is 1. The molecule has 90 valence electrons. The second-order valence-corrected chi connectivity index (χ2v) is 5.47. The SMILES string of the molecule is CN(C(=O)[C@]12CNC[C@H]1CCOC2)C1CC1. The summed E-state index contributed by atoms with van der Waals surface area (Å²) >= 11 is 0. The van der Waals surface area contributed by atoms with Crippen LogP contribution in [0.1, 0.15) is 19.3 Å². The van der Waals surface area contributed by atoms with Gasteiger partial charge in [-0.15, -0.1) is 0 Å². The Labute approximate surface area is 96.3 Å². The normalized spacial score (nSPS) is 38.2. The van der Waals surface area contributed by atoms with Crippen LogP contribution in [-0.2, 0) is 9.53 Å². The maximum Gasteiger partial charge on any atom is 0.232 e. The quantitative estimate of drug-likeness (QED) is 0.730. The lowest BCUT2D eigenvalue weighted by atomic mass is 9.74. The summed E-state index contributed by atoms with van der Waals surface area (Å²) in [5.74, 6) is 0.791. The van der Waals surface area contributed by atoms with Gasteiger partial charge in [0.25, 0.3) is 0 Å². The smallest absolute Gasteiger partial charge is 0.232 e. The van der Waals surface area contributed by atoms with Gasteiger partial charge in [-0.3, -0.25) is 4.79 Å². The molecule has 0 aromatic carbocycles. The largest absolute Gasteiger partial charge is 0.380 e. The van der Waals surface area contributed by atoms with Crippen LogP contribution in [0.15, 0.2) is 0 Å². The van der Waals surface area contributed by atoms with Crippen molar-refractivity contribution in [3.63, 3.8) is 0 Å². The average Bonchev–Trinajstić information content (AvgIpc) is 3.06. The molecule has 3 rings (SSSR count). The van der Waals surface area contributed by atoms with E-state index in [9.17, 15) is 4.79 Å². The van der Waals surface area contributed by atoms with Crippen LogP contribution in [0.2, 0.25) is 0 Å². The Bertz CT molecular complexity index is 303. The molecule has 1 N–H and O–H groups in total. The van der Waals surface area contributed by atoms with Crippen LogP contribution in [0.4, 0.5) is 0 Å². The molecule has 4 heteroatoms. The summed E-state index contributed by atoms with van der Waals surface area (Å²) in [7, 11) is 1.96. The van der Waals surface area contributed by atoms with Crippen LogP contribution in [0.25, 0.3) is 0 Å². The van der Waals surface area contributed by atoms with Crippen molar-refractivity contribution in [2.45, 2.75) is 25.3 Å². The van der Waals surface area contributed by atoms with Crippen molar-refractivity contribution in [2.75, 3.05) is 33.4 Å². The van der Waals surface area contributed by atoms with Crippen LogP contribution in [0, 0.1) is 11.3 Å². The maximum atomic E-state index is 12.6. The number of nitrogens with one attached hydrogen (secondary N) is 1. The van der Waals surface area contributed by atoms with Gasteiger partial charge in [0.1, 0.15) is 0 Å². The molecule has 2 saturated heterocycles. The first kappa shape index (κ1) is 10.5. The highest BCUT2D eigenvalue weighted by Crippen LogP contribution is 2.41. The molecule has 2 aliphatic heterocycles. The third kappa shape index (κ3) is 1.47. The van der Waals surface area contributed by atoms with E-state index in [0.717, 1.165) is 26.1 Å². The van der Waals surface area contributed by atoms with Gasteiger partial charge in [-0.1, -0.05) is 0 Å². The predicted molar refractivity (Wildman–Crippen MR) is 60.0 cm³/mol. The molecule has 1 aliphatic carbocycles. The Kier molecular flexibility index (Phi) is 2.44. The lowest BCUT2D eigenvalue weighted by Crippen LogP contribution is -2.52. The third-order valence-corrected chi connectivity index (χ3v) is 4.42. The zero-order valence-electron chi connectivity index (χ0n) is 9.87. The number of hydrogen-bond donors (Lipinski definition) is 1. The van der Waals surface area contributed by atoms with E-state index in [1.807, 2.05) is 11.9 Å². The zero-order valence-corrected chi connectivity index (χ0v) is 9.87. The van der Waals surface area contributed by atoms with Crippen LogP contribution < -0.4 is 5.32 Å². The fraction of sp³-hybridized carbons (Fsp3) is 0.917. The molecule has 0 spiro atoms. The summed E-state index contributed by atoms with van der Waals surface area (Å²) in [5, 5.41) is 3.37. The monoisotopic (exact) mass is 224 g/mol. The van der Waals surface area contributed by atoms with Crippen molar-refractivity contribution >= 4 is 5.91 Å². The highest BCUT2D eigenvalue weighted by molar-refractivity contribution is 5.84. The lowest BCUT2D eigenvalue weighted by molar-refractivity contribution is -0.151. The predicted octanol–water partition coefficient (Wildman–Crippen LogP) is 0.233. The molecular weight excluding hydrogens is 204 g/mol. The van der Waals surface area contributed by atoms with Crippen LogP contribution in [0.5, 0.6) is 0 Å². The van der Waals surface area contributed by atoms with Crippen molar-refractivity contribution < 1.29 is 9.53 Å². The Balaban J connectivity index is 1.81. The van der Waals surface area contributed by atoms with Gasteiger partial charge >= 0.3 is 0 Å². The molecule has 3 fully saturated rings. The molecule has 4 nitrogen and oxygen atoms in total. The number of hydrogen-bond acceptors (Lipinski definition) is 3. The summed E-state index contributed by atoms with van der Waals surface area (Å²) in [6, 6.07) is 0.505. The molecule has 1 saturated carbocycles. The second-order valence-electron chi connectivity index (χ2n) is 5.47. The fourth-order valence-electron chi connectivity index (χ4n) is 3.13. The van der Waals surface area contributed by atoms with Gasteiger partial charge in [0.2, 0.25) is 5.91 Å². The first-order valence-corrected chi connectivity index (χ1v) is 6.30. The molecular formula is C12H20N2O2. The molecule has 0 radical (unpaired) electrons. The number of ether oxygens (including phenoxy) is 1. The molecule has 2 atom stereocenters. The van der Waals surface area contributed by atoms with Crippen molar-refractivity contribution in [1.29, 1.82) is 0 Å². The van der Waals surface area contributed by atoms with Gasteiger partial charge in [0, 0.05) is 26.2 Å². The van der Waals surface area contributed by atoms with Crippen LogP contribution in [-0.4, -0.2) is 50.2 Å². The fourth-order valence-corrected chi connectivity index (χ4v) is 3.13. The lowest BCUT2D eigenvalue weighted by Gasteiger charge is -2.39. The molecule has 16 heavy (non-hydrogen) atoms. The molecule has 2 heterocycles. The number of rotatable bonds is 2. The van der Waals surface area contributed by atoms with E-state index >= 15 is 0 Å². The topological polar surface area (TPSA) is 41.6 Å². The molecule has 0 bridgehead atoms. The molecule has 0 aromatic heterocycles. The van der Waals surface area contributed by atoms with Crippen molar-refractivity contribution in [1.82, 2.24) is 10.2 Å². The van der Waals surface area contributed by atoms with E-state index < -0.39 is 0 Å². The van der Waals surface area contributed by atoms with Crippen LogP contribution in [0.3, 0.4) is 0 Å². The first-order chi connectivity index (χ1) is 7.74. The number of amides is 1. The summed E-state index contributed by atoms with van der Waals surface area (Å²) < 4.78 is 5.57. The van der Waals surface area contributed by atoms with Crippen molar-refractivity contribution in [3.8, 4) is 0 Å². The van der Waals surface area contributed by atoms with Gasteiger partial charge in [0.05, 0.1) is 12.0 Å².